The summed E-state index contributed by atoms with van der Waals surface area (Å²) in [6.45, 7) is 2.26. The van der Waals surface area contributed by atoms with E-state index in [2.05, 4.69) is 10.2 Å². The van der Waals surface area contributed by atoms with E-state index in [1.54, 1.807) is 18.2 Å². The first-order chi connectivity index (χ1) is 11.1. The second kappa shape index (κ2) is 9.30. The number of amides is 1. The summed E-state index contributed by atoms with van der Waals surface area (Å²) >= 11 is 17.1. The highest BCUT2D eigenvalue weighted by atomic mass is 35.5. The highest BCUT2D eigenvalue weighted by Crippen LogP contribution is 2.27. The number of hydrogen-bond donors (Lipinski definition) is 1. The fourth-order valence-electron chi connectivity index (χ4n) is 2.36. The quantitative estimate of drug-likeness (QED) is 0.623. The van der Waals surface area contributed by atoms with E-state index in [0.29, 0.717) is 40.4 Å². The topological polar surface area (TPSA) is 41.6 Å². The Morgan fingerprint density at radius 1 is 1.26 bits per heavy atom. The van der Waals surface area contributed by atoms with Gasteiger partial charge in [-0.15, -0.1) is 0 Å². The van der Waals surface area contributed by atoms with Crippen LogP contribution >= 0.6 is 35.4 Å². The summed E-state index contributed by atoms with van der Waals surface area (Å²) in [6.07, 6.45) is 4.45. The monoisotopic (exact) mass is 374 g/mol. The van der Waals surface area contributed by atoms with Gasteiger partial charge in [0.25, 0.3) is 0 Å². The SMILES string of the molecule is O=C(CCCOc1ccc(Cl)cc1Cl)NC(=S)N1CCCCC1. The van der Waals surface area contributed by atoms with Crippen LogP contribution in [0.5, 0.6) is 5.75 Å². The van der Waals surface area contributed by atoms with Gasteiger partial charge in [0.2, 0.25) is 5.91 Å². The zero-order valence-corrected chi connectivity index (χ0v) is 15.1. The predicted molar refractivity (Wildman–Crippen MR) is 97.4 cm³/mol. The van der Waals surface area contributed by atoms with Gasteiger partial charge < -0.3 is 15.0 Å². The fraction of sp³-hybridized carbons (Fsp3) is 0.500. The number of carbonyl (C=O) groups excluding carboxylic acids is 1. The smallest absolute Gasteiger partial charge is 0.226 e. The van der Waals surface area contributed by atoms with E-state index in [9.17, 15) is 4.79 Å². The molecule has 0 aromatic heterocycles. The second-order valence-corrected chi connectivity index (χ2v) is 6.66. The number of hydrogen-bond acceptors (Lipinski definition) is 3. The van der Waals surface area contributed by atoms with Crippen LogP contribution in [0.15, 0.2) is 18.2 Å². The molecule has 1 N–H and O–H groups in total. The number of likely N-dealkylation sites (tertiary alicyclic amines) is 1. The molecule has 0 radical (unpaired) electrons. The molecule has 1 amide bonds. The molecule has 1 aromatic rings. The molecular weight excluding hydrogens is 355 g/mol. The molecule has 0 aliphatic carbocycles. The maximum absolute atomic E-state index is 11.9. The maximum Gasteiger partial charge on any atom is 0.226 e. The van der Waals surface area contributed by atoms with Gasteiger partial charge >= 0.3 is 0 Å². The molecule has 1 aliphatic heterocycles. The lowest BCUT2D eigenvalue weighted by molar-refractivity contribution is -0.120. The molecule has 0 spiro atoms. The number of rotatable bonds is 5. The molecule has 0 bridgehead atoms. The van der Waals surface area contributed by atoms with E-state index in [4.69, 9.17) is 40.2 Å². The van der Waals surface area contributed by atoms with Crippen molar-refractivity contribution < 1.29 is 9.53 Å². The number of carbonyl (C=O) groups is 1. The van der Waals surface area contributed by atoms with Gasteiger partial charge in [-0.25, -0.2) is 0 Å². The van der Waals surface area contributed by atoms with E-state index in [1.165, 1.54) is 6.42 Å². The van der Waals surface area contributed by atoms with Crippen molar-refractivity contribution in [2.75, 3.05) is 19.7 Å². The van der Waals surface area contributed by atoms with E-state index in [0.717, 1.165) is 25.9 Å². The van der Waals surface area contributed by atoms with Crippen molar-refractivity contribution in [2.24, 2.45) is 0 Å². The Labute approximate surface area is 152 Å². The molecule has 0 atom stereocenters. The van der Waals surface area contributed by atoms with Crippen LogP contribution in [0.4, 0.5) is 0 Å². The van der Waals surface area contributed by atoms with Crippen molar-refractivity contribution in [2.45, 2.75) is 32.1 Å². The third-order valence-electron chi connectivity index (χ3n) is 3.59. The van der Waals surface area contributed by atoms with Crippen molar-refractivity contribution in [3.05, 3.63) is 28.2 Å². The number of piperidine rings is 1. The fourth-order valence-corrected chi connectivity index (χ4v) is 3.12. The number of nitrogens with zero attached hydrogens (tertiary/aromatic N) is 1. The third kappa shape index (κ3) is 6.16. The number of ether oxygens (including phenoxy) is 1. The Kier molecular flexibility index (Phi) is 7.40. The predicted octanol–water partition coefficient (Wildman–Crippen LogP) is 4.04. The van der Waals surface area contributed by atoms with Crippen LogP contribution < -0.4 is 10.1 Å². The number of halogens is 2. The van der Waals surface area contributed by atoms with Crippen molar-refractivity contribution in [3.8, 4) is 5.75 Å². The zero-order chi connectivity index (χ0) is 16.7. The Morgan fingerprint density at radius 2 is 2.00 bits per heavy atom. The Morgan fingerprint density at radius 3 is 2.70 bits per heavy atom. The standard InChI is InChI=1S/C16H20Cl2N2O2S/c17-12-6-7-14(13(18)11-12)22-10-4-5-15(21)19-16(23)20-8-2-1-3-9-20/h6-7,11H,1-5,8-10H2,(H,19,21,23). The molecular formula is C16H20Cl2N2O2S. The Bertz CT molecular complexity index is 563. The Hall–Kier alpha value is -1.04. The van der Waals surface area contributed by atoms with Crippen LogP contribution in [0.3, 0.4) is 0 Å². The lowest BCUT2D eigenvalue weighted by Gasteiger charge is -2.28. The molecule has 0 saturated carbocycles. The van der Waals surface area contributed by atoms with Crippen LogP contribution in [-0.2, 0) is 4.79 Å². The van der Waals surface area contributed by atoms with Gasteiger partial charge in [-0.05, 0) is 56.1 Å². The van der Waals surface area contributed by atoms with Crippen molar-refractivity contribution in [1.82, 2.24) is 10.2 Å². The average Bonchev–Trinajstić information content (AvgIpc) is 2.54. The molecule has 126 valence electrons. The summed E-state index contributed by atoms with van der Waals surface area (Å²) in [5.41, 5.74) is 0. The normalized spacial score (nSPS) is 14.4. The number of benzene rings is 1. The largest absolute Gasteiger partial charge is 0.492 e. The highest BCUT2D eigenvalue weighted by molar-refractivity contribution is 7.80. The average molecular weight is 375 g/mol. The van der Waals surface area contributed by atoms with Gasteiger partial charge in [-0.2, -0.15) is 0 Å². The van der Waals surface area contributed by atoms with Crippen molar-refractivity contribution >= 4 is 46.4 Å². The summed E-state index contributed by atoms with van der Waals surface area (Å²) < 4.78 is 5.55. The van der Waals surface area contributed by atoms with E-state index in [-0.39, 0.29) is 5.91 Å². The molecule has 1 heterocycles. The summed E-state index contributed by atoms with van der Waals surface area (Å²) in [5.74, 6) is 0.492. The lowest BCUT2D eigenvalue weighted by atomic mass is 10.1. The minimum atomic E-state index is -0.0774. The van der Waals surface area contributed by atoms with Crippen LogP contribution in [0.1, 0.15) is 32.1 Å². The lowest BCUT2D eigenvalue weighted by Crippen LogP contribution is -2.44. The molecule has 1 saturated heterocycles. The molecule has 23 heavy (non-hydrogen) atoms. The van der Waals surface area contributed by atoms with Crippen LogP contribution in [0, 0.1) is 0 Å². The summed E-state index contributed by atoms with van der Waals surface area (Å²) in [5, 5.41) is 4.35. The van der Waals surface area contributed by atoms with Gasteiger partial charge in [-0.3, -0.25) is 4.79 Å². The molecule has 1 fully saturated rings. The zero-order valence-electron chi connectivity index (χ0n) is 12.8. The summed E-state index contributed by atoms with van der Waals surface area (Å²) in [7, 11) is 0. The first kappa shape index (κ1) is 18.3. The van der Waals surface area contributed by atoms with Crippen molar-refractivity contribution in [1.29, 1.82) is 0 Å². The van der Waals surface area contributed by atoms with E-state index < -0.39 is 0 Å². The summed E-state index contributed by atoms with van der Waals surface area (Å²) in [4.78, 5) is 14.0. The van der Waals surface area contributed by atoms with Crippen LogP contribution in [0.25, 0.3) is 0 Å². The molecule has 1 aliphatic rings. The van der Waals surface area contributed by atoms with Crippen molar-refractivity contribution in [3.63, 3.8) is 0 Å². The van der Waals surface area contributed by atoms with Crippen LogP contribution in [-0.4, -0.2) is 35.6 Å². The minimum absolute atomic E-state index is 0.0774. The van der Waals surface area contributed by atoms with Gasteiger partial charge in [0.1, 0.15) is 5.75 Å². The van der Waals surface area contributed by atoms with E-state index >= 15 is 0 Å². The molecule has 7 heteroatoms. The summed E-state index contributed by atoms with van der Waals surface area (Å²) in [6, 6.07) is 5.06. The minimum Gasteiger partial charge on any atom is -0.492 e. The van der Waals surface area contributed by atoms with E-state index in [1.807, 2.05) is 0 Å². The Balaban J connectivity index is 1.65. The molecule has 0 unspecified atom stereocenters. The third-order valence-corrected chi connectivity index (χ3v) is 4.48. The van der Waals surface area contributed by atoms with Gasteiger partial charge in [-0.1, -0.05) is 23.2 Å². The van der Waals surface area contributed by atoms with Gasteiger partial charge in [0, 0.05) is 24.5 Å². The van der Waals surface area contributed by atoms with Gasteiger partial charge in [0.05, 0.1) is 11.6 Å². The number of thiocarbonyl (C=S) groups is 1. The van der Waals surface area contributed by atoms with Crippen LogP contribution in [0.2, 0.25) is 10.0 Å². The maximum atomic E-state index is 11.9. The molecule has 1 aromatic carbocycles. The first-order valence-corrected chi connectivity index (χ1v) is 8.89. The highest BCUT2D eigenvalue weighted by Gasteiger charge is 2.15. The second-order valence-electron chi connectivity index (χ2n) is 5.43. The molecule has 4 nitrogen and oxygen atoms in total. The first-order valence-electron chi connectivity index (χ1n) is 7.73. The molecule has 2 rings (SSSR count). The van der Waals surface area contributed by atoms with Gasteiger partial charge in [0.15, 0.2) is 5.11 Å². The number of nitrogens with one attached hydrogen (secondary N) is 1.